The third kappa shape index (κ3) is 3.99. The highest BCUT2D eigenvalue weighted by Crippen LogP contribution is 2.18. The van der Waals surface area contributed by atoms with Gasteiger partial charge in [0.1, 0.15) is 0 Å². The zero-order valence-corrected chi connectivity index (χ0v) is 13.2. The van der Waals surface area contributed by atoms with Crippen molar-refractivity contribution < 1.29 is 9.59 Å². The van der Waals surface area contributed by atoms with E-state index in [9.17, 15) is 9.59 Å². The van der Waals surface area contributed by atoms with Gasteiger partial charge in [-0.15, -0.1) is 0 Å². The Labute approximate surface area is 135 Å². The van der Waals surface area contributed by atoms with E-state index >= 15 is 0 Å². The minimum atomic E-state index is 0.0266. The predicted octanol–water partition coefficient (Wildman–Crippen LogP) is 1.38. The molecule has 2 fully saturated rings. The summed E-state index contributed by atoms with van der Waals surface area (Å²) in [4.78, 5) is 28.1. The van der Waals surface area contributed by atoms with Crippen molar-refractivity contribution in [3.8, 4) is 0 Å². The molecule has 0 atom stereocenters. The van der Waals surface area contributed by atoms with Gasteiger partial charge in [0, 0.05) is 42.8 Å². The third-order valence-corrected chi connectivity index (χ3v) is 4.31. The topological polar surface area (TPSA) is 52.7 Å². The number of hydrogen-bond acceptors (Lipinski definition) is 3. The Kier molecular flexibility index (Phi) is 4.64. The molecule has 1 aliphatic heterocycles. The van der Waals surface area contributed by atoms with E-state index < -0.39 is 0 Å². The van der Waals surface area contributed by atoms with Gasteiger partial charge in [-0.2, -0.15) is 0 Å². The van der Waals surface area contributed by atoms with Crippen LogP contribution in [0.3, 0.4) is 0 Å². The lowest BCUT2D eigenvalue weighted by Gasteiger charge is -2.34. The maximum Gasteiger partial charge on any atom is 0.253 e. The Hall–Kier alpha value is -1.59. The van der Waals surface area contributed by atoms with Crippen molar-refractivity contribution in [2.24, 2.45) is 0 Å². The number of piperazine rings is 1. The zero-order chi connectivity index (χ0) is 15.5. The van der Waals surface area contributed by atoms with Crippen LogP contribution in [0.25, 0.3) is 0 Å². The fourth-order valence-corrected chi connectivity index (χ4v) is 2.71. The summed E-state index contributed by atoms with van der Waals surface area (Å²) in [5.74, 6) is 0.124. The summed E-state index contributed by atoms with van der Waals surface area (Å²) in [6.07, 6.45) is 2.21. The van der Waals surface area contributed by atoms with Gasteiger partial charge in [-0.3, -0.25) is 14.5 Å². The summed E-state index contributed by atoms with van der Waals surface area (Å²) >= 11 is 5.84. The van der Waals surface area contributed by atoms with Gasteiger partial charge in [-0.1, -0.05) is 11.6 Å². The van der Waals surface area contributed by atoms with Crippen LogP contribution in [0, 0.1) is 0 Å². The molecule has 0 radical (unpaired) electrons. The summed E-state index contributed by atoms with van der Waals surface area (Å²) in [6, 6.07) is 7.36. The first-order valence-electron chi connectivity index (χ1n) is 7.68. The molecule has 22 heavy (non-hydrogen) atoms. The molecule has 0 unspecified atom stereocenters. The second-order valence-electron chi connectivity index (χ2n) is 5.92. The summed E-state index contributed by atoms with van der Waals surface area (Å²) in [5, 5.41) is 3.62. The molecule has 2 aliphatic rings. The number of benzene rings is 1. The lowest BCUT2D eigenvalue weighted by Crippen LogP contribution is -2.51. The largest absolute Gasteiger partial charge is 0.352 e. The number of carbonyl (C=O) groups is 2. The Morgan fingerprint density at radius 3 is 2.32 bits per heavy atom. The number of nitrogens with one attached hydrogen (secondary N) is 1. The second kappa shape index (κ2) is 6.67. The molecule has 118 valence electrons. The van der Waals surface area contributed by atoms with Crippen LogP contribution in [0.5, 0.6) is 0 Å². The molecule has 1 aliphatic carbocycles. The molecule has 1 N–H and O–H groups in total. The molecule has 0 spiro atoms. The van der Waals surface area contributed by atoms with Crippen molar-refractivity contribution in [3.05, 3.63) is 34.9 Å². The van der Waals surface area contributed by atoms with Crippen LogP contribution >= 0.6 is 11.6 Å². The number of nitrogens with zero attached hydrogens (tertiary/aromatic N) is 2. The lowest BCUT2D eigenvalue weighted by molar-refractivity contribution is -0.122. The Morgan fingerprint density at radius 2 is 1.73 bits per heavy atom. The molecule has 6 heteroatoms. The first-order valence-corrected chi connectivity index (χ1v) is 8.06. The van der Waals surface area contributed by atoms with Crippen molar-refractivity contribution in [2.75, 3.05) is 32.7 Å². The van der Waals surface area contributed by atoms with E-state index in [2.05, 4.69) is 10.2 Å². The molecule has 3 rings (SSSR count). The first-order chi connectivity index (χ1) is 10.6. The molecule has 0 bridgehead atoms. The summed E-state index contributed by atoms with van der Waals surface area (Å²) < 4.78 is 0. The molecular formula is C16H20ClN3O2. The molecular weight excluding hydrogens is 302 g/mol. The average Bonchev–Trinajstić information content (AvgIpc) is 3.32. The van der Waals surface area contributed by atoms with E-state index in [4.69, 9.17) is 11.6 Å². The molecule has 1 aromatic carbocycles. The molecule has 1 aromatic rings. The summed E-state index contributed by atoms with van der Waals surface area (Å²) in [7, 11) is 0. The molecule has 1 saturated heterocycles. The second-order valence-corrected chi connectivity index (χ2v) is 6.35. The van der Waals surface area contributed by atoms with Gasteiger partial charge >= 0.3 is 0 Å². The van der Waals surface area contributed by atoms with Crippen molar-refractivity contribution in [1.82, 2.24) is 15.1 Å². The zero-order valence-electron chi connectivity index (χ0n) is 12.4. The maximum atomic E-state index is 12.4. The third-order valence-electron chi connectivity index (χ3n) is 4.06. The van der Waals surface area contributed by atoms with Crippen molar-refractivity contribution >= 4 is 23.4 Å². The summed E-state index contributed by atoms with van der Waals surface area (Å²) in [6.45, 7) is 3.20. The van der Waals surface area contributed by atoms with Crippen LogP contribution in [-0.2, 0) is 4.79 Å². The number of hydrogen-bond donors (Lipinski definition) is 1. The van der Waals surface area contributed by atoms with Crippen molar-refractivity contribution in [3.63, 3.8) is 0 Å². The van der Waals surface area contributed by atoms with E-state index in [0.29, 0.717) is 36.3 Å². The van der Waals surface area contributed by atoms with Crippen LogP contribution in [-0.4, -0.2) is 60.4 Å². The molecule has 2 amide bonds. The normalized spacial score (nSPS) is 19.0. The van der Waals surface area contributed by atoms with Gasteiger partial charge in [-0.05, 0) is 37.1 Å². The highest BCUT2D eigenvalue weighted by molar-refractivity contribution is 6.30. The van der Waals surface area contributed by atoms with Gasteiger partial charge < -0.3 is 10.2 Å². The monoisotopic (exact) mass is 321 g/mol. The van der Waals surface area contributed by atoms with Crippen LogP contribution in [0.4, 0.5) is 0 Å². The number of halogens is 1. The minimum absolute atomic E-state index is 0.0266. The molecule has 1 heterocycles. The molecule has 0 aromatic heterocycles. The van der Waals surface area contributed by atoms with E-state index in [0.717, 1.165) is 25.9 Å². The quantitative estimate of drug-likeness (QED) is 0.911. The van der Waals surface area contributed by atoms with Crippen LogP contribution in [0.15, 0.2) is 24.3 Å². The average molecular weight is 322 g/mol. The molecule has 1 saturated carbocycles. The number of rotatable bonds is 4. The fourth-order valence-electron chi connectivity index (χ4n) is 2.59. The van der Waals surface area contributed by atoms with Gasteiger partial charge in [-0.25, -0.2) is 0 Å². The fraction of sp³-hybridized carbons (Fsp3) is 0.500. The number of carbonyl (C=O) groups excluding carboxylic acids is 2. The number of amides is 2. The SMILES string of the molecule is O=C(CN1CCN(C(=O)c2ccc(Cl)cc2)CC1)NC1CC1. The smallest absolute Gasteiger partial charge is 0.253 e. The van der Waals surface area contributed by atoms with Gasteiger partial charge in [0.05, 0.1) is 6.54 Å². The maximum absolute atomic E-state index is 12.4. The first kappa shape index (κ1) is 15.3. The van der Waals surface area contributed by atoms with Crippen molar-refractivity contribution in [2.45, 2.75) is 18.9 Å². The molecule has 5 nitrogen and oxygen atoms in total. The van der Waals surface area contributed by atoms with E-state index in [1.54, 1.807) is 24.3 Å². The van der Waals surface area contributed by atoms with Crippen molar-refractivity contribution in [1.29, 1.82) is 0 Å². The highest BCUT2D eigenvalue weighted by atomic mass is 35.5. The van der Waals surface area contributed by atoms with Gasteiger partial charge in [0.25, 0.3) is 5.91 Å². The summed E-state index contributed by atoms with van der Waals surface area (Å²) in [5.41, 5.74) is 0.657. The minimum Gasteiger partial charge on any atom is -0.352 e. The Balaban J connectivity index is 1.47. The lowest BCUT2D eigenvalue weighted by atomic mass is 10.2. The Bertz CT molecular complexity index is 549. The van der Waals surface area contributed by atoms with Gasteiger partial charge in [0.15, 0.2) is 0 Å². The van der Waals surface area contributed by atoms with E-state index in [1.165, 1.54) is 0 Å². The Morgan fingerprint density at radius 1 is 1.09 bits per heavy atom. The van der Waals surface area contributed by atoms with Crippen LogP contribution in [0.2, 0.25) is 5.02 Å². The van der Waals surface area contributed by atoms with E-state index in [1.807, 2.05) is 4.90 Å². The highest BCUT2D eigenvalue weighted by Gasteiger charge is 2.26. The van der Waals surface area contributed by atoms with Crippen LogP contribution in [0.1, 0.15) is 23.2 Å². The standard InChI is InChI=1S/C16H20ClN3O2/c17-13-3-1-12(2-4-13)16(22)20-9-7-19(8-10-20)11-15(21)18-14-5-6-14/h1-4,14H,5-11H2,(H,18,21). The predicted molar refractivity (Wildman–Crippen MR) is 85.0 cm³/mol. The van der Waals surface area contributed by atoms with E-state index in [-0.39, 0.29) is 11.8 Å². The van der Waals surface area contributed by atoms with Gasteiger partial charge in [0.2, 0.25) is 5.91 Å². The van der Waals surface area contributed by atoms with Crippen LogP contribution < -0.4 is 5.32 Å².